The Bertz CT molecular complexity index is 1190. The van der Waals surface area contributed by atoms with Crippen LogP contribution in [-0.4, -0.2) is 66.2 Å². The standard InChI is InChI=1S/C23H24N4O4.C5H12O2/c1-16(29)31-20(17-11-7-6-8-12-17)22(30)24-21-19(15-28)27(23(25-21)26(2)3)18-13-9-4-5-10-14-18;1-5(2,6)4-7-3/h4-9,11-15,20H,10H2,1-3H3,(H,24,30);6H,4H2,1-3H3. The highest BCUT2D eigenvalue weighted by Gasteiger charge is 2.28. The van der Waals surface area contributed by atoms with Gasteiger partial charge in [-0.2, -0.15) is 4.98 Å². The lowest BCUT2D eigenvalue weighted by atomic mass is 10.1. The highest BCUT2D eigenvalue weighted by molar-refractivity contribution is 5.99. The van der Waals surface area contributed by atoms with Crippen molar-refractivity contribution in [1.82, 2.24) is 9.55 Å². The molecule has 0 radical (unpaired) electrons. The van der Waals surface area contributed by atoms with Crippen LogP contribution in [0.4, 0.5) is 11.8 Å². The van der Waals surface area contributed by atoms with Crippen molar-refractivity contribution < 1.29 is 29.0 Å². The van der Waals surface area contributed by atoms with Gasteiger partial charge in [0.05, 0.1) is 12.2 Å². The molecule has 3 rings (SSSR count). The molecule has 0 spiro atoms. The summed E-state index contributed by atoms with van der Waals surface area (Å²) in [4.78, 5) is 42.9. The number of hydrogen-bond acceptors (Lipinski definition) is 8. The second-order valence-electron chi connectivity index (χ2n) is 9.28. The first kappa shape index (κ1) is 30.2. The lowest BCUT2D eigenvalue weighted by Gasteiger charge is -2.16. The van der Waals surface area contributed by atoms with Crippen molar-refractivity contribution in [1.29, 1.82) is 0 Å². The van der Waals surface area contributed by atoms with Crippen molar-refractivity contribution in [2.24, 2.45) is 0 Å². The largest absolute Gasteiger partial charge is 0.447 e. The number of imidazole rings is 1. The van der Waals surface area contributed by atoms with E-state index >= 15 is 0 Å². The summed E-state index contributed by atoms with van der Waals surface area (Å²) in [7, 11) is 5.16. The number of carbonyl (C=O) groups excluding carboxylic acids is 3. The van der Waals surface area contributed by atoms with Gasteiger partial charge < -0.3 is 24.8 Å². The number of aromatic nitrogens is 2. The molecule has 0 saturated carbocycles. The van der Waals surface area contributed by atoms with E-state index in [-0.39, 0.29) is 11.5 Å². The molecule has 204 valence electrons. The summed E-state index contributed by atoms with van der Waals surface area (Å²) in [5.74, 6) is -0.644. The van der Waals surface area contributed by atoms with Crippen molar-refractivity contribution in [2.75, 3.05) is 38.0 Å². The van der Waals surface area contributed by atoms with Crippen LogP contribution in [0.3, 0.4) is 0 Å². The fraction of sp³-hybridized carbons (Fsp3) is 0.357. The fourth-order valence-electron chi connectivity index (χ4n) is 3.51. The Morgan fingerprint density at radius 1 is 1.24 bits per heavy atom. The molecule has 1 aromatic heterocycles. The topological polar surface area (TPSA) is 123 Å². The number of nitrogens with one attached hydrogen (secondary N) is 1. The van der Waals surface area contributed by atoms with E-state index in [4.69, 9.17) is 9.84 Å². The zero-order chi connectivity index (χ0) is 28.3. The Balaban J connectivity index is 0.000000638. The van der Waals surface area contributed by atoms with E-state index in [1.54, 1.807) is 74.9 Å². The summed E-state index contributed by atoms with van der Waals surface area (Å²) in [6.07, 6.45) is 9.76. The smallest absolute Gasteiger partial charge is 0.303 e. The number of carbonyl (C=O) groups is 3. The number of nitrogens with zero attached hydrogens (tertiary/aromatic N) is 3. The summed E-state index contributed by atoms with van der Waals surface area (Å²) in [6.45, 7) is 5.04. The summed E-state index contributed by atoms with van der Waals surface area (Å²) >= 11 is 0. The summed E-state index contributed by atoms with van der Waals surface area (Å²) in [5, 5.41) is 11.6. The zero-order valence-corrected chi connectivity index (χ0v) is 22.7. The monoisotopic (exact) mass is 524 g/mol. The van der Waals surface area contributed by atoms with Gasteiger partial charge in [0.25, 0.3) is 5.91 Å². The molecule has 2 aromatic rings. The zero-order valence-electron chi connectivity index (χ0n) is 22.7. The van der Waals surface area contributed by atoms with Crippen LogP contribution in [0.25, 0.3) is 5.70 Å². The Kier molecular flexibility index (Phi) is 11.2. The molecule has 0 fully saturated rings. The summed E-state index contributed by atoms with van der Waals surface area (Å²) < 4.78 is 11.6. The highest BCUT2D eigenvalue weighted by atomic mass is 16.5. The maximum atomic E-state index is 13.0. The minimum absolute atomic E-state index is 0.0864. The summed E-state index contributed by atoms with van der Waals surface area (Å²) in [6, 6.07) is 8.66. The maximum Gasteiger partial charge on any atom is 0.303 e. The molecule has 38 heavy (non-hydrogen) atoms. The minimum atomic E-state index is -1.17. The van der Waals surface area contributed by atoms with Crippen molar-refractivity contribution in [3.63, 3.8) is 0 Å². The van der Waals surface area contributed by atoms with E-state index in [1.807, 2.05) is 30.4 Å². The molecule has 0 bridgehead atoms. The molecule has 0 saturated heterocycles. The number of rotatable bonds is 9. The third kappa shape index (κ3) is 8.82. The molecule has 1 aliphatic carbocycles. The number of allylic oxidation sites excluding steroid dienone is 6. The Labute approximate surface area is 223 Å². The molecule has 1 heterocycles. The first-order valence-electron chi connectivity index (χ1n) is 12.0. The van der Waals surface area contributed by atoms with Crippen LogP contribution in [0.5, 0.6) is 0 Å². The lowest BCUT2D eigenvalue weighted by Crippen LogP contribution is -2.25. The fourth-order valence-corrected chi connectivity index (χ4v) is 3.51. The van der Waals surface area contributed by atoms with Crippen LogP contribution >= 0.6 is 0 Å². The molecular formula is C28H36N4O6. The first-order valence-corrected chi connectivity index (χ1v) is 12.0. The third-order valence-electron chi connectivity index (χ3n) is 5.01. The number of aldehydes is 1. The van der Waals surface area contributed by atoms with Crippen LogP contribution in [0, 0.1) is 0 Å². The second-order valence-corrected chi connectivity index (χ2v) is 9.28. The predicted molar refractivity (Wildman–Crippen MR) is 147 cm³/mol. The minimum Gasteiger partial charge on any atom is -0.447 e. The number of esters is 1. The van der Waals surface area contributed by atoms with Crippen molar-refractivity contribution in [3.05, 3.63) is 72.0 Å². The Morgan fingerprint density at radius 3 is 2.45 bits per heavy atom. The number of ether oxygens (including phenoxy) is 2. The predicted octanol–water partition coefficient (Wildman–Crippen LogP) is 3.77. The quantitative estimate of drug-likeness (QED) is 0.375. The van der Waals surface area contributed by atoms with Gasteiger partial charge in [-0.25, -0.2) is 0 Å². The molecule has 1 amide bonds. The van der Waals surface area contributed by atoms with Crippen molar-refractivity contribution in [3.8, 4) is 0 Å². The van der Waals surface area contributed by atoms with Gasteiger partial charge in [0, 0.05) is 39.4 Å². The number of amides is 1. The van der Waals surface area contributed by atoms with Crippen molar-refractivity contribution in [2.45, 2.75) is 38.9 Å². The molecular weight excluding hydrogens is 488 g/mol. The lowest BCUT2D eigenvalue weighted by molar-refractivity contribution is -0.152. The molecule has 1 aliphatic rings. The molecule has 1 aromatic carbocycles. The molecule has 10 heteroatoms. The number of anilines is 2. The first-order chi connectivity index (χ1) is 18.0. The van der Waals surface area contributed by atoms with Gasteiger partial charge in [-0.1, -0.05) is 54.6 Å². The number of benzene rings is 1. The van der Waals surface area contributed by atoms with Gasteiger partial charge in [0.1, 0.15) is 5.69 Å². The van der Waals surface area contributed by atoms with Gasteiger partial charge in [-0.05, 0) is 26.3 Å². The summed E-state index contributed by atoms with van der Waals surface area (Å²) in [5.41, 5.74) is 0.776. The number of hydrogen-bond donors (Lipinski definition) is 2. The molecule has 0 aliphatic heterocycles. The Morgan fingerprint density at radius 2 is 1.92 bits per heavy atom. The number of aliphatic hydroxyl groups is 1. The van der Waals surface area contributed by atoms with Crippen LogP contribution in [-0.2, 0) is 19.1 Å². The third-order valence-corrected chi connectivity index (χ3v) is 5.01. The van der Waals surface area contributed by atoms with Gasteiger partial charge >= 0.3 is 5.97 Å². The average molecular weight is 525 g/mol. The van der Waals surface area contributed by atoms with Gasteiger partial charge in [-0.15, -0.1) is 0 Å². The molecule has 1 unspecified atom stereocenters. The van der Waals surface area contributed by atoms with E-state index in [9.17, 15) is 14.4 Å². The van der Waals surface area contributed by atoms with Gasteiger partial charge in [0.2, 0.25) is 12.1 Å². The van der Waals surface area contributed by atoms with Crippen LogP contribution in [0.1, 0.15) is 49.3 Å². The van der Waals surface area contributed by atoms with Gasteiger partial charge in [-0.3, -0.25) is 19.0 Å². The van der Waals surface area contributed by atoms with Crippen LogP contribution in [0.2, 0.25) is 0 Å². The highest BCUT2D eigenvalue weighted by Crippen LogP contribution is 2.29. The van der Waals surface area contributed by atoms with Crippen LogP contribution in [0.15, 0.2) is 60.7 Å². The number of methoxy groups -OCH3 is 1. The Hall–Kier alpha value is -4.02. The molecule has 1 atom stereocenters. The van der Waals surface area contributed by atoms with E-state index in [0.29, 0.717) is 30.8 Å². The SMILES string of the molecule is CC(=O)OC(C(=O)Nc1nc(N(C)C)n(C2=CCC=CC=C2)c1C=O)c1ccccc1.COCC(C)(C)O. The second kappa shape index (κ2) is 14.1. The maximum absolute atomic E-state index is 13.0. The van der Waals surface area contributed by atoms with Crippen LogP contribution < -0.4 is 10.2 Å². The van der Waals surface area contributed by atoms with Gasteiger partial charge in [0.15, 0.2) is 12.1 Å². The van der Waals surface area contributed by atoms with E-state index in [1.165, 1.54) is 6.92 Å². The molecule has 2 N–H and O–H groups in total. The van der Waals surface area contributed by atoms with E-state index in [2.05, 4.69) is 15.0 Å². The van der Waals surface area contributed by atoms with E-state index < -0.39 is 23.6 Å². The van der Waals surface area contributed by atoms with E-state index in [0.717, 1.165) is 5.70 Å². The molecule has 10 nitrogen and oxygen atoms in total. The average Bonchev–Trinajstić information content (AvgIpc) is 3.00. The van der Waals surface area contributed by atoms with Crippen molar-refractivity contribution >= 4 is 35.6 Å². The normalized spacial score (nSPS) is 13.4.